The maximum atomic E-state index is 6.31. The lowest BCUT2D eigenvalue weighted by atomic mass is 10.2. The van der Waals surface area contributed by atoms with E-state index < -0.39 is 0 Å². The van der Waals surface area contributed by atoms with E-state index in [1.807, 2.05) is 13.0 Å². The Balaban J connectivity index is 2.34. The summed E-state index contributed by atoms with van der Waals surface area (Å²) in [7, 11) is 1.67. The molecule has 1 atom stereocenters. The molecule has 0 aliphatic rings. The molecule has 1 aromatic carbocycles. The molecule has 0 fully saturated rings. The molecule has 0 saturated carbocycles. The average Bonchev–Trinajstić information content (AvgIpc) is 2.52. The summed E-state index contributed by atoms with van der Waals surface area (Å²) in [6.45, 7) is 7.50. The van der Waals surface area contributed by atoms with Crippen LogP contribution in [-0.4, -0.2) is 36.3 Å². The van der Waals surface area contributed by atoms with Crippen LogP contribution in [-0.2, 0) is 4.74 Å². The number of anilines is 4. The fourth-order valence-corrected chi connectivity index (χ4v) is 2.49. The zero-order valence-electron chi connectivity index (χ0n) is 14.2. The quantitative estimate of drug-likeness (QED) is 0.818. The zero-order valence-corrected chi connectivity index (χ0v) is 14.2. The molecule has 0 saturated heterocycles. The van der Waals surface area contributed by atoms with Gasteiger partial charge >= 0.3 is 0 Å². The molecule has 0 aliphatic heterocycles. The summed E-state index contributed by atoms with van der Waals surface area (Å²) in [5.41, 5.74) is 9.11. The van der Waals surface area contributed by atoms with Gasteiger partial charge in [0.15, 0.2) is 11.6 Å². The van der Waals surface area contributed by atoms with Crippen molar-refractivity contribution in [2.75, 3.05) is 36.2 Å². The lowest BCUT2D eigenvalue weighted by Gasteiger charge is -2.25. The Bertz CT molecular complexity index is 647. The van der Waals surface area contributed by atoms with Crippen molar-refractivity contribution in [1.29, 1.82) is 0 Å². The van der Waals surface area contributed by atoms with Gasteiger partial charge in [0, 0.05) is 25.4 Å². The maximum Gasteiger partial charge on any atom is 0.161 e. The topological polar surface area (TPSA) is 76.3 Å². The highest BCUT2D eigenvalue weighted by Crippen LogP contribution is 2.32. The molecule has 2 aromatic rings. The van der Waals surface area contributed by atoms with Crippen molar-refractivity contribution < 1.29 is 4.74 Å². The number of nitrogens with two attached hydrogens (primary N) is 1. The van der Waals surface area contributed by atoms with Gasteiger partial charge in [-0.2, -0.15) is 0 Å². The number of nitrogens with zero attached hydrogens (tertiary/aromatic N) is 3. The third-order valence-corrected chi connectivity index (χ3v) is 3.55. The van der Waals surface area contributed by atoms with E-state index in [0.29, 0.717) is 23.9 Å². The first kappa shape index (κ1) is 17.0. The molecular formula is C17H25N5O. The standard InChI is InChI=1S/C17H25N5O/c1-5-22(14-8-6-7-12(2)9-14)17-15(18)16(19-11-20-17)21-13(3)10-23-4/h6-9,11,13H,5,10,18H2,1-4H3,(H,19,20,21). The first-order valence-corrected chi connectivity index (χ1v) is 7.77. The minimum Gasteiger partial charge on any atom is -0.393 e. The fourth-order valence-electron chi connectivity index (χ4n) is 2.49. The summed E-state index contributed by atoms with van der Waals surface area (Å²) < 4.78 is 5.14. The van der Waals surface area contributed by atoms with Crippen molar-refractivity contribution in [2.45, 2.75) is 26.8 Å². The molecule has 1 heterocycles. The Hall–Kier alpha value is -2.34. The number of aryl methyl sites for hydroxylation is 1. The lowest BCUT2D eigenvalue weighted by molar-refractivity contribution is 0.190. The van der Waals surface area contributed by atoms with Gasteiger partial charge in [-0.25, -0.2) is 9.97 Å². The Morgan fingerprint density at radius 2 is 2.13 bits per heavy atom. The number of hydrogen-bond acceptors (Lipinski definition) is 6. The Morgan fingerprint density at radius 3 is 2.78 bits per heavy atom. The first-order valence-electron chi connectivity index (χ1n) is 7.77. The van der Waals surface area contributed by atoms with Gasteiger partial charge in [-0.1, -0.05) is 12.1 Å². The first-order chi connectivity index (χ1) is 11.1. The second kappa shape index (κ2) is 7.78. The van der Waals surface area contributed by atoms with Crippen molar-refractivity contribution in [3.63, 3.8) is 0 Å². The molecule has 6 heteroatoms. The molecule has 0 spiro atoms. The summed E-state index contributed by atoms with van der Waals surface area (Å²) in [5.74, 6) is 1.34. The van der Waals surface area contributed by atoms with Crippen LogP contribution in [0.15, 0.2) is 30.6 Å². The second-order valence-corrected chi connectivity index (χ2v) is 5.54. The molecule has 0 aliphatic carbocycles. The minimum atomic E-state index is 0.110. The summed E-state index contributed by atoms with van der Waals surface area (Å²) in [4.78, 5) is 10.7. The molecule has 23 heavy (non-hydrogen) atoms. The van der Waals surface area contributed by atoms with Crippen molar-refractivity contribution >= 4 is 23.0 Å². The van der Waals surface area contributed by atoms with E-state index in [2.05, 4.69) is 52.2 Å². The summed E-state index contributed by atoms with van der Waals surface area (Å²) >= 11 is 0. The van der Waals surface area contributed by atoms with Gasteiger partial charge in [0.05, 0.1) is 6.61 Å². The van der Waals surface area contributed by atoms with Crippen LogP contribution in [0.2, 0.25) is 0 Å². The van der Waals surface area contributed by atoms with Crippen LogP contribution in [0.1, 0.15) is 19.4 Å². The van der Waals surface area contributed by atoms with E-state index in [0.717, 1.165) is 12.2 Å². The van der Waals surface area contributed by atoms with Gasteiger partial charge < -0.3 is 20.7 Å². The molecule has 6 nitrogen and oxygen atoms in total. The third kappa shape index (κ3) is 4.10. The van der Waals surface area contributed by atoms with Gasteiger partial charge in [0.1, 0.15) is 12.0 Å². The smallest absolute Gasteiger partial charge is 0.161 e. The molecule has 0 radical (unpaired) electrons. The molecule has 0 amide bonds. The van der Waals surface area contributed by atoms with E-state index >= 15 is 0 Å². The predicted molar refractivity (Wildman–Crippen MR) is 95.3 cm³/mol. The zero-order chi connectivity index (χ0) is 16.8. The fraction of sp³-hybridized carbons (Fsp3) is 0.412. The van der Waals surface area contributed by atoms with Crippen LogP contribution in [0.4, 0.5) is 23.0 Å². The molecule has 1 unspecified atom stereocenters. The van der Waals surface area contributed by atoms with Gasteiger partial charge in [-0.15, -0.1) is 0 Å². The monoisotopic (exact) mass is 315 g/mol. The SMILES string of the molecule is CCN(c1cccc(C)c1)c1ncnc(NC(C)COC)c1N. The van der Waals surface area contributed by atoms with Crippen LogP contribution < -0.4 is 16.0 Å². The summed E-state index contributed by atoms with van der Waals surface area (Å²) in [6.07, 6.45) is 1.53. The molecule has 0 bridgehead atoms. The predicted octanol–water partition coefficient (Wildman–Crippen LogP) is 2.97. The Labute approximate surface area is 137 Å². The Morgan fingerprint density at radius 1 is 1.35 bits per heavy atom. The lowest BCUT2D eigenvalue weighted by Crippen LogP contribution is -2.24. The molecule has 2 rings (SSSR count). The largest absolute Gasteiger partial charge is 0.393 e. The van der Waals surface area contributed by atoms with Gasteiger partial charge in [-0.3, -0.25) is 0 Å². The van der Waals surface area contributed by atoms with Crippen LogP contribution in [0.3, 0.4) is 0 Å². The van der Waals surface area contributed by atoms with E-state index in [4.69, 9.17) is 10.5 Å². The number of nitrogens with one attached hydrogen (secondary N) is 1. The number of aromatic nitrogens is 2. The number of nitrogen functional groups attached to an aromatic ring is 1. The number of ether oxygens (including phenoxy) is 1. The van der Waals surface area contributed by atoms with E-state index in [9.17, 15) is 0 Å². The highest BCUT2D eigenvalue weighted by molar-refractivity contribution is 5.79. The minimum absolute atomic E-state index is 0.110. The normalized spacial score (nSPS) is 12.0. The molecular weight excluding hydrogens is 290 g/mol. The molecule has 124 valence electrons. The number of hydrogen-bond donors (Lipinski definition) is 2. The average molecular weight is 315 g/mol. The van der Waals surface area contributed by atoms with E-state index in [-0.39, 0.29) is 6.04 Å². The third-order valence-electron chi connectivity index (χ3n) is 3.55. The summed E-state index contributed by atoms with van der Waals surface area (Å²) in [5, 5.41) is 3.27. The number of methoxy groups -OCH3 is 1. The van der Waals surface area contributed by atoms with Crippen LogP contribution in [0, 0.1) is 6.92 Å². The Kier molecular flexibility index (Phi) is 5.76. The van der Waals surface area contributed by atoms with Crippen LogP contribution in [0.25, 0.3) is 0 Å². The molecule has 3 N–H and O–H groups in total. The molecule has 1 aromatic heterocycles. The van der Waals surface area contributed by atoms with Gasteiger partial charge in [0.25, 0.3) is 0 Å². The second-order valence-electron chi connectivity index (χ2n) is 5.54. The van der Waals surface area contributed by atoms with E-state index in [1.165, 1.54) is 11.9 Å². The highest BCUT2D eigenvalue weighted by atomic mass is 16.5. The van der Waals surface area contributed by atoms with Crippen molar-refractivity contribution in [3.05, 3.63) is 36.2 Å². The summed E-state index contributed by atoms with van der Waals surface area (Å²) in [6, 6.07) is 8.38. The highest BCUT2D eigenvalue weighted by Gasteiger charge is 2.16. The van der Waals surface area contributed by atoms with Crippen molar-refractivity contribution in [1.82, 2.24) is 9.97 Å². The van der Waals surface area contributed by atoms with Crippen LogP contribution in [0.5, 0.6) is 0 Å². The van der Waals surface area contributed by atoms with Crippen molar-refractivity contribution in [3.8, 4) is 0 Å². The van der Waals surface area contributed by atoms with Gasteiger partial charge in [-0.05, 0) is 38.5 Å². The van der Waals surface area contributed by atoms with E-state index in [1.54, 1.807) is 7.11 Å². The maximum absolute atomic E-state index is 6.31. The van der Waals surface area contributed by atoms with Crippen molar-refractivity contribution in [2.24, 2.45) is 0 Å². The number of benzene rings is 1. The van der Waals surface area contributed by atoms with Crippen LogP contribution >= 0.6 is 0 Å². The number of rotatable bonds is 7. The van der Waals surface area contributed by atoms with Gasteiger partial charge in [0.2, 0.25) is 0 Å².